The van der Waals surface area contributed by atoms with Gasteiger partial charge in [-0.05, 0) is 19.8 Å². The average molecular weight is 280 g/mol. The Kier molecular flexibility index (Phi) is 5.14. The SMILES string of the molecule is CCNc1cc(N(C)CC(O)COC)nc(C2CC2)n1. The molecule has 0 aliphatic heterocycles. The first kappa shape index (κ1) is 15.0. The van der Waals surface area contributed by atoms with Crippen LogP contribution in [0, 0.1) is 0 Å². The molecule has 0 aromatic carbocycles. The van der Waals surface area contributed by atoms with Crippen molar-refractivity contribution in [3.63, 3.8) is 0 Å². The molecular weight excluding hydrogens is 256 g/mol. The van der Waals surface area contributed by atoms with Gasteiger partial charge in [0.1, 0.15) is 17.5 Å². The Morgan fingerprint density at radius 2 is 2.25 bits per heavy atom. The molecule has 0 spiro atoms. The summed E-state index contributed by atoms with van der Waals surface area (Å²) < 4.78 is 4.95. The lowest BCUT2D eigenvalue weighted by molar-refractivity contribution is 0.0694. The molecule has 2 N–H and O–H groups in total. The minimum absolute atomic E-state index is 0.324. The number of aliphatic hydroxyl groups excluding tert-OH is 1. The number of rotatable bonds is 8. The number of nitrogens with one attached hydrogen (secondary N) is 1. The maximum Gasteiger partial charge on any atom is 0.136 e. The third-order valence-electron chi connectivity index (χ3n) is 3.27. The van der Waals surface area contributed by atoms with Gasteiger partial charge < -0.3 is 20.1 Å². The van der Waals surface area contributed by atoms with Crippen molar-refractivity contribution in [3.8, 4) is 0 Å². The lowest BCUT2D eigenvalue weighted by Gasteiger charge is -2.22. The van der Waals surface area contributed by atoms with Crippen molar-refractivity contribution in [1.82, 2.24) is 9.97 Å². The topological polar surface area (TPSA) is 70.5 Å². The smallest absolute Gasteiger partial charge is 0.136 e. The zero-order valence-corrected chi connectivity index (χ0v) is 12.5. The van der Waals surface area contributed by atoms with Gasteiger partial charge in [-0.15, -0.1) is 0 Å². The Bertz CT molecular complexity index is 437. The van der Waals surface area contributed by atoms with E-state index >= 15 is 0 Å². The Morgan fingerprint density at radius 1 is 1.50 bits per heavy atom. The number of aromatic nitrogens is 2. The van der Waals surface area contributed by atoms with Gasteiger partial charge in [0.15, 0.2) is 0 Å². The van der Waals surface area contributed by atoms with Gasteiger partial charge in [0, 0.05) is 39.2 Å². The average Bonchev–Trinajstić information content (AvgIpc) is 3.23. The molecule has 1 aromatic heterocycles. The largest absolute Gasteiger partial charge is 0.389 e. The summed E-state index contributed by atoms with van der Waals surface area (Å²) in [5.41, 5.74) is 0. The summed E-state index contributed by atoms with van der Waals surface area (Å²) in [6.07, 6.45) is 1.82. The lowest BCUT2D eigenvalue weighted by Crippen LogP contribution is -2.32. The van der Waals surface area contributed by atoms with Crippen LogP contribution in [0.1, 0.15) is 31.5 Å². The Hall–Kier alpha value is -1.40. The van der Waals surface area contributed by atoms with Crippen LogP contribution in [-0.2, 0) is 4.74 Å². The van der Waals surface area contributed by atoms with Crippen molar-refractivity contribution in [1.29, 1.82) is 0 Å². The van der Waals surface area contributed by atoms with Crippen LogP contribution in [0.25, 0.3) is 0 Å². The number of ether oxygens (including phenoxy) is 1. The summed E-state index contributed by atoms with van der Waals surface area (Å²) in [5.74, 6) is 3.11. The fourth-order valence-electron chi connectivity index (χ4n) is 2.10. The van der Waals surface area contributed by atoms with E-state index in [1.165, 1.54) is 12.8 Å². The first-order chi connectivity index (χ1) is 9.63. The molecule has 0 bridgehead atoms. The van der Waals surface area contributed by atoms with E-state index < -0.39 is 6.10 Å². The van der Waals surface area contributed by atoms with Crippen LogP contribution in [0.15, 0.2) is 6.07 Å². The second kappa shape index (κ2) is 6.85. The molecule has 112 valence electrons. The van der Waals surface area contributed by atoms with E-state index in [-0.39, 0.29) is 0 Å². The van der Waals surface area contributed by atoms with Crippen LogP contribution in [0.5, 0.6) is 0 Å². The van der Waals surface area contributed by atoms with Crippen molar-refractivity contribution >= 4 is 11.6 Å². The van der Waals surface area contributed by atoms with Crippen LogP contribution in [0.2, 0.25) is 0 Å². The number of hydrogen-bond acceptors (Lipinski definition) is 6. The normalized spacial score (nSPS) is 16.0. The third-order valence-corrected chi connectivity index (χ3v) is 3.27. The molecule has 6 heteroatoms. The Morgan fingerprint density at radius 3 is 2.85 bits per heavy atom. The first-order valence-electron chi connectivity index (χ1n) is 7.15. The standard InChI is InChI=1S/C14H24N4O2/c1-4-15-12-7-13(17-14(16-12)10-5-6-10)18(2)8-11(19)9-20-3/h7,10-11,19H,4-6,8-9H2,1-3H3,(H,15,16,17). The zero-order valence-electron chi connectivity index (χ0n) is 12.5. The molecule has 1 atom stereocenters. The molecular formula is C14H24N4O2. The monoisotopic (exact) mass is 280 g/mol. The highest BCUT2D eigenvalue weighted by atomic mass is 16.5. The van der Waals surface area contributed by atoms with E-state index in [0.29, 0.717) is 19.1 Å². The van der Waals surface area contributed by atoms with Crippen LogP contribution >= 0.6 is 0 Å². The lowest BCUT2D eigenvalue weighted by atomic mass is 10.3. The van der Waals surface area contributed by atoms with Gasteiger partial charge in [-0.2, -0.15) is 0 Å². The Labute approximate surface area is 120 Å². The molecule has 1 aromatic rings. The minimum atomic E-state index is -0.521. The summed E-state index contributed by atoms with van der Waals surface area (Å²) in [6, 6.07) is 1.93. The summed E-state index contributed by atoms with van der Waals surface area (Å²) in [4.78, 5) is 11.1. The molecule has 1 fully saturated rings. The van der Waals surface area contributed by atoms with Gasteiger partial charge in [0.2, 0.25) is 0 Å². The van der Waals surface area contributed by atoms with E-state index in [0.717, 1.165) is 24.0 Å². The number of methoxy groups -OCH3 is 1. The molecule has 1 aliphatic rings. The molecule has 6 nitrogen and oxygen atoms in total. The molecule has 1 unspecified atom stereocenters. The zero-order chi connectivity index (χ0) is 14.5. The van der Waals surface area contributed by atoms with Gasteiger partial charge in [0.05, 0.1) is 12.7 Å². The van der Waals surface area contributed by atoms with Gasteiger partial charge in [-0.3, -0.25) is 0 Å². The van der Waals surface area contributed by atoms with Gasteiger partial charge in [-0.1, -0.05) is 0 Å². The second-order valence-corrected chi connectivity index (χ2v) is 5.26. The summed E-state index contributed by atoms with van der Waals surface area (Å²) in [7, 11) is 3.51. The highest BCUT2D eigenvalue weighted by molar-refractivity contribution is 5.49. The number of likely N-dealkylation sites (N-methyl/N-ethyl adjacent to an activating group) is 1. The van der Waals surface area contributed by atoms with Crippen LogP contribution in [0.3, 0.4) is 0 Å². The molecule has 20 heavy (non-hydrogen) atoms. The van der Waals surface area contributed by atoms with E-state index in [2.05, 4.69) is 15.3 Å². The van der Waals surface area contributed by atoms with Crippen LogP contribution in [0.4, 0.5) is 11.6 Å². The number of aliphatic hydroxyl groups is 1. The molecule has 1 saturated carbocycles. The fraction of sp³-hybridized carbons (Fsp3) is 0.714. The maximum absolute atomic E-state index is 9.82. The van der Waals surface area contributed by atoms with Crippen molar-refractivity contribution in [3.05, 3.63) is 11.9 Å². The molecule has 1 aliphatic carbocycles. The van der Waals surface area contributed by atoms with Crippen molar-refractivity contribution in [2.75, 3.05) is 44.1 Å². The fourth-order valence-corrected chi connectivity index (χ4v) is 2.10. The molecule has 0 radical (unpaired) electrons. The number of nitrogens with zero attached hydrogens (tertiary/aromatic N) is 3. The molecule has 2 rings (SSSR count). The van der Waals surface area contributed by atoms with Crippen molar-refractivity contribution in [2.24, 2.45) is 0 Å². The first-order valence-corrected chi connectivity index (χ1v) is 7.15. The number of hydrogen-bond donors (Lipinski definition) is 2. The third kappa shape index (κ3) is 4.05. The van der Waals surface area contributed by atoms with Crippen molar-refractivity contribution in [2.45, 2.75) is 31.8 Å². The highest BCUT2D eigenvalue weighted by Crippen LogP contribution is 2.39. The maximum atomic E-state index is 9.82. The predicted octanol–water partition coefficient (Wildman–Crippen LogP) is 1.23. The summed E-state index contributed by atoms with van der Waals surface area (Å²) >= 11 is 0. The van der Waals surface area contributed by atoms with E-state index in [1.54, 1.807) is 7.11 Å². The van der Waals surface area contributed by atoms with Gasteiger partial charge >= 0.3 is 0 Å². The van der Waals surface area contributed by atoms with Crippen LogP contribution in [-0.4, -0.2) is 55.0 Å². The molecule has 0 saturated heterocycles. The number of anilines is 2. The predicted molar refractivity (Wildman–Crippen MR) is 79.3 cm³/mol. The van der Waals surface area contributed by atoms with E-state index in [4.69, 9.17) is 4.74 Å². The quantitative estimate of drug-likeness (QED) is 0.746. The molecule has 1 heterocycles. The highest BCUT2D eigenvalue weighted by Gasteiger charge is 2.27. The summed E-state index contributed by atoms with van der Waals surface area (Å²) in [5, 5.41) is 13.1. The molecule has 0 amide bonds. The van der Waals surface area contributed by atoms with E-state index in [9.17, 15) is 5.11 Å². The minimum Gasteiger partial charge on any atom is -0.389 e. The van der Waals surface area contributed by atoms with Crippen LogP contribution < -0.4 is 10.2 Å². The van der Waals surface area contributed by atoms with Crippen molar-refractivity contribution < 1.29 is 9.84 Å². The van der Waals surface area contributed by atoms with Gasteiger partial charge in [-0.25, -0.2) is 9.97 Å². The van der Waals surface area contributed by atoms with Gasteiger partial charge in [0.25, 0.3) is 0 Å². The Balaban J connectivity index is 2.12. The second-order valence-electron chi connectivity index (χ2n) is 5.26. The summed E-state index contributed by atoms with van der Waals surface area (Å²) in [6.45, 7) is 3.69. The van der Waals surface area contributed by atoms with E-state index in [1.807, 2.05) is 24.9 Å².